The van der Waals surface area contributed by atoms with E-state index in [1.807, 2.05) is 24.1 Å². The number of hydrogen-bond acceptors (Lipinski definition) is 10. The van der Waals surface area contributed by atoms with Crippen LogP contribution < -0.4 is 26.6 Å². The largest absolute Gasteiger partial charge is 0.379 e. The van der Waals surface area contributed by atoms with Gasteiger partial charge >= 0.3 is 6.03 Å². The maximum atomic E-state index is 13.2. The van der Waals surface area contributed by atoms with E-state index in [4.69, 9.17) is 15.5 Å². The molecule has 0 bridgehead atoms. The number of anilines is 3. The van der Waals surface area contributed by atoms with Gasteiger partial charge in [0.1, 0.15) is 11.9 Å². The lowest BCUT2D eigenvalue weighted by molar-refractivity contribution is -0.126. The van der Waals surface area contributed by atoms with Gasteiger partial charge in [-0.25, -0.2) is 14.8 Å². The third-order valence-corrected chi connectivity index (χ3v) is 10.7. The Balaban J connectivity index is 0.883. The van der Waals surface area contributed by atoms with Gasteiger partial charge in [0, 0.05) is 68.8 Å². The summed E-state index contributed by atoms with van der Waals surface area (Å²) < 4.78 is 5.82. The Labute approximate surface area is 319 Å². The highest BCUT2D eigenvalue weighted by atomic mass is 16.5. The molecule has 1 unspecified atom stereocenters. The van der Waals surface area contributed by atoms with Crippen molar-refractivity contribution in [3.63, 3.8) is 0 Å². The predicted octanol–water partition coefficient (Wildman–Crippen LogP) is 2.39. The molecule has 5 heterocycles. The van der Waals surface area contributed by atoms with Crippen molar-refractivity contribution < 1.29 is 28.7 Å². The highest BCUT2D eigenvalue weighted by molar-refractivity contribution is 6.02. The lowest BCUT2D eigenvalue weighted by Gasteiger charge is -2.37. The van der Waals surface area contributed by atoms with Gasteiger partial charge in [-0.3, -0.25) is 19.2 Å². The summed E-state index contributed by atoms with van der Waals surface area (Å²) in [6.07, 6.45) is 5.10. The first-order valence-corrected chi connectivity index (χ1v) is 18.6. The summed E-state index contributed by atoms with van der Waals surface area (Å²) >= 11 is 0. The zero-order chi connectivity index (χ0) is 38.6. The second-order valence-electron chi connectivity index (χ2n) is 14.3. The van der Waals surface area contributed by atoms with Gasteiger partial charge in [-0.1, -0.05) is 18.7 Å². The first-order chi connectivity index (χ1) is 26.6. The number of fused-ring (bicyclic) bond motifs is 1. The van der Waals surface area contributed by atoms with Gasteiger partial charge in [0.25, 0.3) is 17.7 Å². The van der Waals surface area contributed by atoms with Crippen molar-refractivity contribution in [1.29, 1.82) is 0 Å². The number of nitrogens with two attached hydrogens (primary N) is 1. The molecule has 6 amide bonds. The van der Waals surface area contributed by atoms with Crippen molar-refractivity contribution in [2.24, 2.45) is 5.73 Å². The monoisotopic (exact) mass is 750 g/mol. The van der Waals surface area contributed by atoms with E-state index < -0.39 is 11.9 Å². The number of carbonyl (C=O) groups is 5. The van der Waals surface area contributed by atoms with E-state index in [2.05, 4.69) is 32.4 Å². The average molecular weight is 751 g/mol. The highest BCUT2D eigenvalue weighted by Crippen LogP contribution is 2.31. The van der Waals surface area contributed by atoms with Crippen molar-refractivity contribution in [3.8, 4) is 0 Å². The molecule has 2 atom stereocenters. The van der Waals surface area contributed by atoms with Crippen LogP contribution in [0.5, 0.6) is 0 Å². The van der Waals surface area contributed by atoms with Crippen molar-refractivity contribution in [2.75, 3.05) is 63.2 Å². The van der Waals surface area contributed by atoms with E-state index in [1.165, 1.54) is 6.20 Å². The first kappa shape index (κ1) is 37.3. The van der Waals surface area contributed by atoms with Crippen molar-refractivity contribution in [3.05, 3.63) is 88.9 Å². The third kappa shape index (κ3) is 8.09. The number of allylic oxidation sites excluding steroid dienone is 1. The first-order valence-electron chi connectivity index (χ1n) is 18.6. The molecule has 2 aromatic carbocycles. The summed E-state index contributed by atoms with van der Waals surface area (Å²) in [5.41, 5.74) is 9.85. The number of amides is 6. The number of likely N-dealkylation sites (N-methyl/N-ethyl adjacent to an activating group) is 1. The number of aromatic nitrogens is 2. The molecule has 1 aromatic heterocycles. The van der Waals surface area contributed by atoms with Crippen LogP contribution in [-0.2, 0) is 22.5 Å². The zero-order valence-electron chi connectivity index (χ0n) is 30.9. The number of rotatable bonds is 13. The van der Waals surface area contributed by atoms with Gasteiger partial charge in [0.05, 0.1) is 25.5 Å². The minimum atomic E-state index is -0.728. The maximum Gasteiger partial charge on any atom is 0.320 e. The molecule has 55 heavy (non-hydrogen) atoms. The number of piperidine rings is 2. The van der Waals surface area contributed by atoms with Crippen LogP contribution in [0.3, 0.4) is 0 Å². The van der Waals surface area contributed by atoms with Gasteiger partial charge in [-0.05, 0) is 73.6 Å². The van der Waals surface area contributed by atoms with Crippen LogP contribution in [-0.4, -0.2) is 119 Å². The number of benzene rings is 2. The van der Waals surface area contributed by atoms with Gasteiger partial charge < -0.3 is 46.0 Å². The van der Waals surface area contributed by atoms with Gasteiger partial charge in [0.2, 0.25) is 5.91 Å². The average Bonchev–Trinajstić information content (AvgIpc) is 3.70. The van der Waals surface area contributed by atoms with E-state index in [1.54, 1.807) is 40.1 Å². The molecule has 0 spiro atoms. The van der Waals surface area contributed by atoms with Crippen LogP contribution in [0.2, 0.25) is 0 Å². The van der Waals surface area contributed by atoms with E-state index in [0.29, 0.717) is 93.5 Å². The van der Waals surface area contributed by atoms with Crippen LogP contribution >= 0.6 is 0 Å². The number of urea groups is 1. The highest BCUT2D eigenvalue weighted by Gasteiger charge is 2.39. The molecule has 0 saturated carbocycles. The quantitative estimate of drug-likeness (QED) is 0.189. The summed E-state index contributed by atoms with van der Waals surface area (Å²) in [5.74, 6) is -0.558. The molecule has 4 aliphatic heterocycles. The molecule has 16 heteroatoms. The number of nitrogens with zero attached hydrogens (tertiary/aromatic N) is 6. The molecular weight excluding hydrogens is 704 g/mol. The van der Waals surface area contributed by atoms with Gasteiger partial charge in [0.15, 0.2) is 11.5 Å². The number of hydrogen-bond donors (Lipinski definition) is 4. The molecular formula is C39H46N10O6. The molecule has 4 aliphatic rings. The fraction of sp³-hybridized carbons (Fsp3) is 0.410. The van der Waals surface area contributed by atoms with E-state index >= 15 is 0 Å². The zero-order valence-corrected chi connectivity index (χ0v) is 30.9. The molecule has 3 saturated heterocycles. The lowest BCUT2D eigenvalue weighted by Crippen LogP contribution is -2.49. The Kier molecular flexibility index (Phi) is 10.9. The van der Waals surface area contributed by atoms with Crippen molar-refractivity contribution in [2.45, 2.75) is 50.7 Å². The molecule has 3 fully saturated rings. The molecule has 5 N–H and O–H groups in total. The number of ether oxygens (including phenoxy) is 1. The molecule has 0 radical (unpaired) electrons. The second kappa shape index (κ2) is 16.1. The van der Waals surface area contributed by atoms with Crippen molar-refractivity contribution in [1.82, 2.24) is 35.3 Å². The summed E-state index contributed by atoms with van der Waals surface area (Å²) in [7, 11) is 1.81. The van der Waals surface area contributed by atoms with Crippen LogP contribution in [0.1, 0.15) is 68.0 Å². The Morgan fingerprint density at radius 2 is 1.85 bits per heavy atom. The standard InChI is InChI=1S/C39H46N10O6/c1-24-8-13-31(37(52)43-24)49-23-30-25(5-3-7-29(30)38(49)53)14-19-55-20-15-41-36(51)26-9-11-27(12-10-26)44-35-33(34(40)50)42-21-32(45-35)47-16-4-6-28(22-47)48-18-17-46(2)39(48)54/h3,5,7,9-12,21,28,31H,1,4,6,8,13-20,22-23H2,2H3,(H2,40,50)(H,41,51)(H,43,52)(H,44,45)/t28-,31?/m1/s1. The van der Waals surface area contributed by atoms with E-state index in [-0.39, 0.29) is 41.3 Å². The number of primary amides is 1. The van der Waals surface area contributed by atoms with Crippen LogP contribution in [0, 0.1) is 0 Å². The summed E-state index contributed by atoms with van der Waals surface area (Å²) in [4.78, 5) is 79.8. The Morgan fingerprint density at radius 3 is 2.60 bits per heavy atom. The fourth-order valence-corrected chi connectivity index (χ4v) is 7.65. The minimum Gasteiger partial charge on any atom is -0.379 e. The SMILES string of the molecule is C=C1CCC(N2Cc3c(CCOCCNC(=O)c4ccc(Nc5nc(N6CCC[C@@H](N7CCN(C)C7=O)C6)cnc5C(N)=O)cc4)cccc3C2=O)C(=O)N1. The molecule has 3 aromatic rings. The Bertz CT molecular complexity index is 2000. The fourth-order valence-electron chi connectivity index (χ4n) is 7.65. The van der Waals surface area contributed by atoms with Crippen molar-refractivity contribution >= 4 is 47.0 Å². The summed E-state index contributed by atoms with van der Waals surface area (Å²) in [5, 5.41) is 8.77. The Hall–Kier alpha value is -6.03. The lowest BCUT2D eigenvalue weighted by atomic mass is 10.0. The molecule has 16 nitrogen and oxygen atoms in total. The normalized spacial score (nSPS) is 19.8. The molecule has 0 aliphatic carbocycles. The minimum absolute atomic E-state index is 0.0111. The Morgan fingerprint density at radius 1 is 1.04 bits per heavy atom. The summed E-state index contributed by atoms with van der Waals surface area (Å²) in [6.45, 7) is 7.94. The van der Waals surface area contributed by atoms with Gasteiger partial charge in [-0.15, -0.1) is 0 Å². The maximum absolute atomic E-state index is 13.2. The number of carbonyl (C=O) groups excluding carboxylic acids is 5. The smallest absolute Gasteiger partial charge is 0.320 e. The predicted molar refractivity (Wildman–Crippen MR) is 204 cm³/mol. The van der Waals surface area contributed by atoms with E-state index in [9.17, 15) is 24.0 Å². The van der Waals surface area contributed by atoms with Gasteiger partial charge in [-0.2, -0.15) is 0 Å². The third-order valence-electron chi connectivity index (χ3n) is 10.7. The number of nitrogens with one attached hydrogen (secondary N) is 3. The second-order valence-corrected chi connectivity index (χ2v) is 14.3. The van der Waals surface area contributed by atoms with Crippen LogP contribution in [0.25, 0.3) is 0 Å². The summed E-state index contributed by atoms with van der Waals surface area (Å²) in [6, 6.07) is 11.9. The van der Waals surface area contributed by atoms with Crippen LogP contribution in [0.15, 0.2) is 60.9 Å². The van der Waals surface area contributed by atoms with E-state index in [0.717, 1.165) is 30.5 Å². The molecule has 7 rings (SSSR count). The molecule has 288 valence electrons. The topological polar surface area (TPSA) is 195 Å². The van der Waals surface area contributed by atoms with Crippen LogP contribution in [0.4, 0.5) is 22.1 Å².